The monoisotopic (exact) mass is 309 g/mol. The van der Waals surface area contributed by atoms with Gasteiger partial charge in [-0.3, -0.25) is 4.79 Å². The van der Waals surface area contributed by atoms with Gasteiger partial charge in [-0.25, -0.2) is 4.79 Å². The molecule has 1 saturated heterocycles. The first kappa shape index (κ1) is 16.3. The Hall–Kier alpha value is -2.12. The number of carbonyl (C=O) groups excluding carboxylic acids is 2. The van der Waals surface area contributed by atoms with Crippen molar-refractivity contribution in [1.29, 1.82) is 0 Å². The lowest BCUT2D eigenvalue weighted by molar-refractivity contribution is -0.127. The lowest BCUT2D eigenvalue weighted by Crippen LogP contribution is -2.43. The Balaban J connectivity index is 1.76. The first-order chi connectivity index (χ1) is 10.3. The molecule has 2 N–H and O–H groups in total. The van der Waals surface area contributed by atoms with Crippen LogP contribution < -0.4 is 10.6 Å². The smallest absolute Gasteiger partial charge is 0.315 e. The van der Waals surface area contributed by atoms with Gasteiger partial charge in [0.15, 0.2) is 5.82 Å². The lowest BCUT2D eigenvalue weighted by atomic mass is 9.96. The standard InChI is InChI=1S/C14H23N5O3/c1-9(20)19-6-5-10(8-19)16-13(21)15-7-11-17-12(18-22-11)14(2,3)4/h10H,5-8H2,1-4H3,(H2,15,16,21)/t10-/m1/s1. The summed E-state index contributed by atoms with van der Waals surface area (Å²) in [6.45, 7) is 8.91. The molecule has 0 radical (unpaired) electrons. The Bertz CT molecular complexity index is 549. The van der Waals surface area contributed by atoms with Crippen molar-refractivity contribution < 1.29 is 14.1 Å². The van der Waals surface area contributed by atoms with Gasteiger partial charge in [-0.2, -0.15) is 4.98 Å². The zero-order valence-corrected chi connectivity index (χ0v) is 13.5. The largest absolute Gasteiger partial charge is 0.341 e. The molecule has 1 aromatic rings. The number of urea groups is 1. The van der Waals surface area contributed by atoms with Crippen LogP contribution in [0.15, 0.2) is 4.52 Å². The van der Waals surface area contributed by atoms with Crippen molar-refractivity contribution in [3.05, 3.63) is 11.7 Å². The summed E-state index contributed by atoms with van der Waals surface area (Å²) in [4.78, 5) is 29.0. The number of carbonyl (C=O) groups is 2. The Morgan fingerprint density at radius 1 is 1.41 bits per heavy atom. The molecule has 8 heteroatoms. The van der Waals surface area contributed by atoms with Gasteiger partial charge in [-0.15, -0.1) is 0 Å². The Kier molecular flexibility index (Phi) is 4.68. The average Bonchev–Trinajstić information content (AvgIpc) is 3.04. The van der Waals surface area contributed by atoms with Gasteiger partial charge in [0.25, 0.3) is 0 Å². The van der Waals surface area contributed by atoms with Gasteiger partial charge in [0, 0.05) is 31.5 Å². The molecule has 122 valence electrons. The fourth-order valence-electron chi connectivity index (χ4n) is 2.19. The highest BCUT2D eigenvalue weighted by Gasteiger charge is 2.25. The SMILES string of the molecule is CC(=O)N1CC[C@@H](NC(=O)NCc2nc(C(C)(C)C)no2)C1. The summed E-state index contributed by atoms with van der Waals surface area (Å²) >= 11 is 0. The summed E-state index contributed by atoms with van der Waals surface area (Å²) in [7, 11) is 0. The zero-order chi connectivity index (χ0) is 16.3. The molecule has 0 aromatic carbocycles. The van der Waals surface area contributed by atoms with Crippen molar-refractivity contribution in [3.8, 4) is 0 Å². The average molecular weight is 309 g/mol. The number of hydrogen-bond acceptors (Lipinski definition) is 5. The molecule has 1 atom stereocenters. The van der Waals surface area contributed by atoms with Crippen molar-refractivity contribution in [2.75, 3.05) is 13.1 Å². The minimum atomic E-state index is -0.300. The second-order valence-electron chi connectivity index (χ2n) is 6.54. The van der Waals surface area contributed by atoms with Crippen LogP contribution in [0.5, 0.6) is 0 Å². The molecule has 2 rings (SSSR count). The predicted molar refractivity (Wildman–Crippen MR) is 79.0 cm³/mol. The fraction of sp³-hybridized carbons (Fsp3) is 0.714. The van der Waals surface area contributed by atoms with Gasteiger partial charge >= 0.3 is 6.03 Å². The molecule has 1 aliphatic rings. The summed E-state index contributed by atoms with van der Waals surface area (Å²) in [5.41, 5.74) is -0.190. The summed E-state index contributed by atoms with van der Waals surface area (Å²) in [6.07, 6.45) is 0.766. The molecule has 22 heavy (non-hydrogen) atoms. The summed E-state index contributed by atoms with van der Waals surface area (Å²) in [5.74, 6) is 1.01. The highest BCUT2D eigenvalue weighted by atomic mass is 16.5. The predicted octanol–water partition coefficient (Wildman–Crippen LogP) is 0.787. The van der Waals surface area contributed by atoms with Crippen molar-refractivity contribution in [2.45, 2.75) is 52.1 Å². The van der Waals surface area contributed by atoms with E-state index in [2.05, 4.69) is 20.8 Å². The Morgan fingerprint density at radius 3 is 2.68 bits per heavy atom. The molecule has 3 amide bonds. The molecule has 0 unspecified atom stereocenters. The van der Waals surface area contributed by atoms with Crippen LogP contribution >= 0.6 is 0 Å². The molecule has 1 aromatic heterocycles. The highest BCUT2D eigenvalue weighted by Crippen LogP contribution is 2.18. The normalized spacial score (nSPS) is 18.4. The van der Waals surface area contributed by atoms with Crippen LogP contribution in [0.1, 0.15) is 45.8 Å². The number of nitrogens with one attached hydrogen (secondary N) is 2. The maximum atomic E-state index is 11.8. The van der Waals surface area contributed by atoms with Crippen LogP contribution in [-0.4, -0.2) is 46.1 Å². The van der Waals surface area contributed by atoms with E-state index in [9.17, 15) is 9.59 Å². The van der Waals surface area contributed by atoms with E-state index >= 15 is 0 Å². The minimum Gasteiger partial charge on any atom is -0.341 e. The van der Waals surface area contributed by atoms with E-state index in [1.165, 1.54) is 6.92 Å². The second kappa shape index (κ2) is 6.33. The molecule has 0 spiro atoms. The van der Waals surface area contributed by atoms with E-state index in [-0.39, 0.29) is 29.9 Å². The lowest BCUT2D eigenvalue weighted by Gasteiger charge is -2.15. The molecule has 1 fully saturated rings. The highest BCUT2D eigenvalue weighted by molar-refractivity contribution is 5.75. The molecular weight excluding hydrogens is 286 g/mol. The zero-order valence-electron chi connectivity index (χ0n) is 13.5. The Morgan fingerprint density at radius 2 is 2.14 bits per heavy atom. The second-order valence-corrected chi connectivity index (χ2v) is 6.54. The van der Waals surface area contributed by atoms with Crippen molar-refractivity contribution in [2.24, 2.45) is 0 Å². The fourth-order valence-corrected chi connectivity index (χ4v) is 2.19. The molecular formula is C14H23N5O3. The maximum absolute atomic E-state index is 11.8. The Labute approximate surface area is 129 Å². The third kappa shape index (κ3) is 4.19. The number of aromatic nitrogens is 2. The van der Waals surface area contributed by atoms with Crippen LogP contribution in [0, 0.1) is 0 Å². The summed E-state index contributed by atoms with van der Waals surface area (Å²) in [6, 6.07) is -0.317. The van der Waals surface area contributed by atoms with Gasteiger partial charge in [0.1, 0.15) is 0 Å². The quantitative estimate of drug-likeness (QED) is 0.859. The van der Waals surface area contributed by atoms with Gasteiger partial charge < -0.3 is 20.1 Å². The molecule has 2 heterocycles. The van der Waals surface area contributed by atoms with Crippen LogP contribution in [0.25, 0.3) is 0 Å². The van der Waals surface area contributed by atoms with Crippen molar-refractivity contribution in [3.63, 3.8) is 0 Å². The molecule has 1 aliphatic heterocycles. The molecule has 0 saturated carbocycles. The van der Waals surface area contributed by atoms with Gasteiger partial charge in [-0.05, 0) is 6.42 Å². The first-order valence-electron chi connectivity index (χ1n) is 7.38. The third-order valence-corrected chi connectivity index (χ3v) is 3.51. The minimum absolute atomic E-state index is 0.0169. The topological polar surface area (TPSA) is 100 Å². The summed E-state index contributed by atoms with van der Waals surface area (Å²) in [5, 5.41) is 9.42. The number of amides is 3. The van der Waals surface area contributed by atoms with Crippen LogP contribution in [-0.2, 0) is 16.8 Å². The molecule has 0 bridgehead atoms. The number of nitrogens with zero attached hydrogens (tertiary/aromatic N) is 3. The van der Waals surface area contributed by atoms with Crippen LogP contribution in [0.2, 0.25) is 0 Å². The van der Waals surface area contributed by atoms with Crippen LogP contribution in [0.4, 0.5) is 4.79 Å². The number of hydrogen-bond donors (Lipinski definition) is 2. The molecule has 0 aliphatic carbocycles. The first-order valence-corrected chi connectivity index (χ1v) is 7.38. The number of likely N-dealkylation sites (tertiary alicyclic amines) is 1. The summed E-state index contributed by atoms with van der Waals surface area (Å²) < 4.78 is 5.10. The molecule has 8 nitrogen and oxygen atoms in total. The van der Waals surface area contributed by atoms with Gasteiger partial charge in [-0.1, -0.05) is 25.9 Å². The van der Waals surface area contributed by atoms with Crippen LogP contribution in [0.3, 0.4) is 0 Å². The maximum Gasteiger partial charge on any atom is 0.315 e. The van der Waals surface area contributed by atoms with Gasteiger partial charge in [0.2, 0.25) is 11.8 Å². The van der Waals surface area contributed by atoms with Gasteiger partial charge in [0.05, 0.1) is 6.54 Å². The van der Waals surface area contributed by atoms with E-state index in [0.29, 0.717) is 24.8 Å². The van der Waals surface area contributed by atoms with E-state index in [1.807, 2.05) is 20.8 Å². The van der Waals surface area contributed by atoms with Crippen molar-refractivity contribution in [1.82, 2.24) is 25.7 Å². The van der Waals surface area contributed by atoms with E-state index in [4.69, 9.17) is 4.52 Å². The van der Waals surface area contributed by atoms with Crippen molar-refractivity contribution >= 4 is 11.9 Å². The van der Waals surface area contributed by atoms with E-state index in [1.54, 1.807) is 4.90 Å². The third-order valence-electron chi connectivity index (χ3n) is 3.51. The van der Waals surface area contributed by atoms with E-state index < -0.39 is 0 Å². The van der Waals surface area contributed by atoms with E-state index in [0.717, 1.165) is 6.42 Å². The number of rotatable bonds is 3.